The molecule has 0 aliphatic carbocycles. The normalized spacial score (nSPS) is 11.7. The van der Waals surface area contributed by atoms with Crippen LogP contribution in [0.25, 0.3) is 0 Å². The second-order valence-corrected chi connectivity index (χ2v) is 5.35. The fourth-order valence-corrected chi connectivity index (χ4v) is 2.15. The lowest BCUT2D eigenvalue weighted by molar-refractivity contribution is -0.383. The molecule has 10 heteroatoms. The lowest BCUT2D eigenvalue weighted by Crippen LogP contribution is -2.24. The molecule has 8 nitrogen and oxygen atoms in total. The van der Waals surface area contributed by atoms with Gasteiger partial charge in [0.05, 0.1) is 10.5 Å². The summed E-state index contributed by atoms with van der Waals surface area (Å²) >= 11 is 0. The zero-order valence-electron chi connectivity index (χ0n) is 13.9. The van der Waals surface area contributed by atoms with E-state index in [1.54, 1.807) is 0 Å². The number of nitrogens with two attached hydrogens (primary N) is 1. The molecule has 2 aromatic carbocycles. The molecule has 0 radical (unpaired) electrons. The fraction of sp³-hybridized carbons (Fsp3) is 0.176. The summed E-state index contributed by atoms with van der Waals surface area (Å²) in [4.78, 5) is 34.5. The number of Topliss-reactive ketones (excluding diaryl/α,β-unsaturated/α-hetero) is 1. The first kappa shape index (κ1) is 19.8. The van der Waals surface area contributed by atoms with Gasteiger partial charge in [0.2, 0.25) is 5.78 Å². The standard InChI is InChI=1S/C17H14F2N2O6/c1-9(15(22)10-2-5-12(6-3-10)27-17(18)19)26-16(23)11-4-7-13(20)14(8-11)21(24)25/h2-9,17H,20H2,1H3/t9-/m0/s1. The van der Waals surface area contributed by atoms with Gasteiger partial charge in [-0.25, -0.2) is 4.79 Å². The molecule has 0 amide bonds. The van der Waals surface area contributed by atoms with E-state index in [0.29, 0.717) is 0 Å². The highest BCUT2D eigenvalue weighted by atomic mass is 19.3. The van der Waals surface area contributed by atoms with Crippen molar-refractivity contribution in [2.24, 2.45) is 0 Å². The first-order valence-corrected chi connectivity index (χ1v) is 7.53. The van der Waals surface area contributed by atoms with Crippen LogP contribution in [0.4, 0.5) is 20.2 Å². The summed E-state index contributed by atoms with van der Waals surface area (Å²) in [6.07, 6.45) is -1.21. The van der Waals surface area contributed by atoms with Crippen molar-refractivity contribution in [1.29, 1.82) is 0 Å². The van der Waals surface area contributed by atoms with E-state index < -0.39 is 35.1 Å². The van der Waals surface area contributed by atoms with Crippen LogP contribution in [0.5, 0.6) is 5.75 Å². The monoisotopic (exact) mass is 380 g/mol. The summed E-state index contributed by atoms with van der Waals surface area (Å²) in [6.45, 7) is -1.68. The molecule has 0 aliphatic heterocycles. The van der Waals surface area contributed by atoms with Crippen LogP contribution in [0, 0.1) is 10.1 Å². The van der Waals surface area contributed by atoms with Crippen molar-refractivity contribution in [3.05, 3.63) is 63.7 Å². The van der Waals surface area contributed by atoms with Crippen LogP contribution in [0.15, 0.2) is 42.5 Å². The number of nitrogen functional groups attached to an aromatic ring is 1. The highest BCUT2D eigenvalue weighted by Gasteiger charge is 2.22. The molecular weight excluding hydrogens is 366 g/mol. The molecule has 2 rings (SSSR count). The Morgan fingerprint density at radius 2 is 1.70 bits per heavy atom. The zero-order valence-corrected chi connectivity index (χ0v) is 13.9. The predicted octanol–water partition coefficient (Wildman–Crippen LogP) is 3.21. The Kier molecular flexibility index (Phi) is 6.01. The first-order chi connectivity index (χ1) is 12.7. The maximum Gasteiger partial charge on any atom is 0.387 e. The van der Waals surface area contributed by atoms with Crippen molar-refractivity contribution < 1.29 is 32.8 Å². The van der Waals surface area contributed by atoms with Gasteiger partial charge in [-0.2, -0.15) is 8.78 Å². The van der Waals surface area contributed by atoms with Gasteiger partial charge in [-0.1, -0.05) is 0 Å². The summed E-state index contributed by atoms with van der Waals surface area (Å²) < 4.78 is 33.4. The maximum absolute atomic E-state index is 12.3. The second kappa shape index (κ2) is 8.21. The quantitative estimate of drug-likeness (QED) is 0.257. The average molecular weight is 380 g/mol. The number of anilines is 1. The fourth-order valence-electron chi connectivity index (χ4n) is 2.15. The zero-order chi connectivity index (χ0) is 20.1. The van der Waals surface area contributed by atoms with Crippen LogP contribution in [-0.2, 0) is 4.74 Å². The molecule has 0 unspecified atom stereocenters. The number of nitro benzene ring substituents is 1. The molecule has 0 bridgehead atoms. The van der Waals surface area contributed by atoms with Gasteiger partial charge in [-0.3, -0.25) is 14.9 Å². The number of rotatable bonds is 7. The molecule has 1 atom stereocenters. The van der Waals surface area contributed by atoms with Gasteiger partial charge in [-0.05, 0) is 43.3 Å². The lowest BCUT2D eigenvalue weighted by Gasteiger charge is -2.13. The largest absolute Gasteiger partial charge is 0.451 e. The summed E-state index contributed by atoms with van der Waals surface area (Å²) in [6, 6.07) is 8.22. The SMILES string of the molecule is C[C@H](OC(=O)c1ccc(N)c([N+](=O)[O-])c1)C(=O)c1ccc(OC(F)F)cc1. The van der Waals surface area contributed by atoms with Crippen LogP contribution in [0.3, 0.4) is 0 Å². The number of ketones is 1. The molecule has 0 saturated carbocycles. The van der Waals surface area contributed by atoms with E-state index in [4.69, 9.17) is 10.5 Å². The van der Waals surface area contributed by atoms with Crippen molar-refractivity contribution in [3.8, 4) is 5.75 Å². The Balaban J connectivity index is 2.08. The number of alkyl halides is 2. The van der Waals surface area contributed by atoms with Crippen molar-refractivity contribution in [3.63, 3.8) is 0 Å². The topological polar surface area (TPSA) is 122 Å². The van der Waals surface area contributed by atoms with Gasteiger partial charge in [0.1, 0.15) is 11.4 Å². The number of halogens is 2. The number of esters is 1. The Morgan fingerprint density at radius 1 is 1.11 bits per heavy atom. The highest BCUT2D eigenvalue weighted by Crippen LogP contribution is 2.23. The third-order valence-corrected chi connectivity index (χ3v) is 3.48. The molecule has 0 aliphatic rings. The van der Waals surface area contributed by atoms with E-state index in [1.165, 1.54) is 43.3 Å². The van der Waals surface area contributed by atoms with Crippen molar-refractivity contribution in [2.75, 3.05) is 5.73 Å². The van der Waals surface area contributed by atoms with Crippen LogP contribution in [0.2, 0.25) is 0 Å². The van der Waals surface area contributed by atoms with E-state index in [1.807, 2.05) is 0 Å². The van der Waals surface area contributed by atoms with Gasteiger partial charge in [0.25, 0.3) is 5.69 Å². The molecule has 0 aromatic heterocycles. The lowest BCUT2D eigenvalue weighted by atomic mass is 10.1. The summed E-state index contributed by atoms with van der Waals surface area (Å²) in [5.41, 5.74) is 4.84. The van der Waals surface area contributed by atoms with Gasteiger partial charge in [0.15, 0.2) is 6.10 Å². The molecule has 0 heterocycles. The minimum absolute atomic E-state index is 0.111. The van der Waals surface area contributed by atoms with E-state index >= 15 is 0 Å². The Hall–Kier alpha value is -3.56. The predicted molar refractivity (Wildman–Crippen MR) is 89.8 cm³/mol. The molecule has 27 heavy (non-hydrogen) atoms. The molecule has 0 saturated heterocycles. The third kappa shape index (κ3) is 4.97. The van der Waals surface area contributed by atoms with Crippen LogP contribution in [-0.4, -0.2) is 29.4 Å². The van der Waals surface area contributed by atoms with Crippen LogP contribution >= 0.6 is 0 Å². The highest BCUT2D eigenvalue weighted by molar-refractivity contribution is 6.01. The van der Waals surface area contributed by atoms with Crippen molar-refractivity contribution >= 4 is 23.1 Å². The van der Waals surface area contributed by atoms with Gasteiger partial charge in [0, 0.05) is 11.6 Å². The number of hydrogen-bond donors (Lipinski definition) is 1. The molecule has 2 N–H and O–H groups in total. The van der Waals surface area contributed by atoms with E-state index in [-0.39, 0.29) is 22.6 Å². The number of ether oxygens (including phenoxy) is 2. The number of carbonyl (C=O) groups is 2. The molecular formula is C17H14F2N2O6. The summed E-state index contributed by atoms with van der Waals surface area (Å²) in [5, 5.41) is 10.9. The smallest absolute Gasteiger partial charge is 0.387 e. The maximum atomic E-state index is 12.3. The van der Waals surface area contributed by atoms with Crippen LogP contribution in [0.1, 0.15) is 27.6 Å². The van der Waals surface area contributed by atoms with Gasteiger partial charge >= 0.3 is 12.6 Å². The Morgan fingerprint density at radius 3 is 2.26 bits per heavy atom. The molecule has 142 valence electrons. The number of nitro groups is 1. The van der Waals surface area contributed by atoms with Gasteiger partial charge in [-0.15, -0.1) is 0 Å². The molecule has 0 spiro atoms. The first-order valence-electron chi connectivity index (χ1n) is 7.53. The molecule has 0 fully saturated rings. The second-order valence-electron chi connectivity index (χ2n) is 5.35. The van der Waals surface area contributed by atoms with E-state index in [0.717, 1.165) is 6.07 Å². The molecule has 2 aromatic rings. The number of benzene rings is 2. The Labute approximate surface area is 151 Å². The number of nitrogens with zero attached hydrogens (tertiary/aromatic N) is 1. The third-order valence-electron chi connectivity index (χ3n) is 3.48. The number of carbonyl (C=O) groups excluding carboxylic acids is 2. The Bertz CT molecular complexity index is 870. The average Bonchev–Trinajstić information content (AvgIpc) is 2.61. The minimum Gasteiger partial charge on any atom is -0.451 e. The van der Waals surface area contributed by atoms with E-state index in [9.17, 15) is 28.5 Å². The number of hydrogen-bond acceptors (Lipinski definition) is 7. The van der Waals surface area contributed by atoms with E-state index in [2.05, 4.69) is 4.74 Å². The minimum atomic E-state index is -2.99. The van der Waals surface area contributed by atoms with Crippen molar-refractivity contribution in [1.82, 2.24) is 0 Å². The van der Waals surface area contributed by atoms with Crippen molar-refractivity contribution in [2.45, 2.75) is 19.6 Å². The van der Waals surface area contributed by atoms with Crippen LogP contribution < -0.4 is 10.5 Å². The summed E-state index contributed by atoms with van der Waals surface area (Å²) in [7, 11) is 0. The van der Waals surface area contributed by atoms with Gasteiger partial charge < -0.3 is 15.2 Å². The summed E-state index contributed by atoms with van der Waals surface area (Å²) in [5.74, 6) is -1.66.